The molecule has 0 aliphatic carbocycles. The van der Waals surface area contributed by atoms with E-state index in [2.05, 4.69) is 10.6 Å². The molecule has 1 unspecified atom stereocenters. The molecule has 1 heterocycles. The van der Waals surface area contributed by atoms with Crippen LogP contribution in [-0.2, 0) is 0 Å². The Morgan fingerprint density at radius 1 is 1.42 bits per heavy atom. The van der Waals surface area contributed by atoms with Crippen molar-refractivity contribution in [3.05, 3.63) is 32.8 Å². The summed E-state index contributed by atoms with van der Waals surface area (Å²) in [4.78, 5) is 10.4. The van der Waals surface area contributed by atoms with Crippen molar-refractivity contribution in [3.63, 3.8) is 0 Å². The van der Waals surface area contributed by atoms with Gasteiger partial charge in [-0.05, 0) is 50.9 Å². The highest BCUT2D eigenvalue weighted by Crippen LogP contribution is 2.31. The van der Waals surface area contributed by atoms with Crippen molar-refractivity contribution in [1.29, 1.82) is 0 Å². The first-order valence-electron chi connectivity index (χ1n) is 6.49. The molecule has 0 saturated carbocycles. The fraction of sp³-hybridized carbons (Fsp3) is 0.538. The van der Waals surface area contributed by atoms with Gasteiger partial charge in [-0.2, -0.15) is 0 Å². The molecule has 1 aromatic carbocycles. The first kappa shape index (κ1) is 14.1. The van der Waals surface area contributed by atoms with Crippen molar-refractivity contribution in [1.82, 2.24) is 5.32 Å². The molecule has 6 heteroatoms. The summed E-state index contributed by atoms with van der Waals surface area (Å²) in [5, 5.41) is 17.8. The molecule has 1 aromatic rings. The van der Waals surface area contributed by atoms with Gasteiger partial charge < -0.3 is 10.6 Å². The molecule has 2 N–H and O–H groups in total. The Morgan fingerprint density at radius 2 is 2.21 bits per heavy atom. The zero-order chi connectivity index (χ0) is 13.8. The second-order valence-corrected chi connectivity index (χ2v) is 5.31. The molecule has 0 bridgehead atoms. The molecule has 1 saturated heterocycles. The number of nitrogens with zero attached hydrogens (tertiary/aromatic N) is 1. The third-order valence-electron chi connectivity index (χ3n) is 3.43. The van der Waals surface area contributed by atoms with Gasteiger partial charge in [0.15, 0.2) is 0 Å². The number of aryl methyl sites for hydroxylation is 1. The number of rotatable bonds is 3. The van der Waals surface area contributed by atoms with Gasteiger partial charge >= 0.3 is 0 Å². The lowest BCUT2D eigenvalue weighted by Gasteiger charge is -2.19. The highest BCUT2D eigenvalue weighted by molar-refractivity contribution is 6.33. The highest BCUT2D eigenvalue weighted by Gasteiger charge is 2.17. The van der Waals surface area contributed by atoms with E-state index in [1.54, 1.807) is 6.07 Å². The second-order valence-electron chi connectivity index (χ2n) is 4.90. The van der Waals surface area contributed by atoms with Crippen LogP contribution in [0.25, 0.3) is 0 Å². The SMILES string of the molecule is Cc1cc([N+](=O)[O-])c(Cl)cc1NC1CCCNCC1. The molecule has 5 nitrogen and oxygen atoms in total. The van der Waals surface area contributed by atoms with Gasteiger partial charge in [-0.3, -0.25) is 10.1 Å². The molecule has 1 aliphatic heterocycles. The maximum Gasteiger partial charge on any atom is 0.288 e. The average Bonchev–Trinajstić information content (AvgIpc) is 2.61. The van der Waals surface area contributed by atoms with Crippen molar-refractivity contribution in [2.24, 2.45) is 0 Å². The largest absolute Gasteiger partial charge is 0.382 e. The number of hydrogen-bond donors (Lipinski definition) is 2. The number of hydrogen-bond acceptors (Lipinski definition) is 4. The number of nitro groups is 1. The first-order chi connectivity index (χ1) is 9.08. The van der Waals surface area contributed by atoms with Crippen molar-refractivity contribution in [3.8, 4) is 0 Å². The smallest absolute Gasteiger partial charge is 0.288 e. The molecule has 2 rings (SSSR count). The molecule has 104 valence electrons. The van der Waals surface area contributed by atoms with E-state index in [1.807, 2.05) is 6.92 Å². The van der Waals surface area contributed by atoms with Crippen molar-refractivity contribution >= 4 is 23.0 Å². The zero-order valence-electron chi connectivity index (χ0n) is 10.9. The Kier molecular flexibility index (Phi) is 4.61. The fourth-order valence-corrected chi connectivity index (χ4v) is 2.58. The minimum atomic E-state index is -0.450. The van der Waals surface area contributed by atoms with Crippen LogP contribution in [-0.4, -0.2) is 24.1 Å². The van der Waals surface area contributed by atoms with Gasteiger partial charge in [0.25, 0.3) is 5.69 Å². The van der Waals surface area contributed by atoms with Crippen LogP contribution in [0.2, 0.25) is 5.02 Å². The minimum Gasteiger partial charge on any atom is -0.382 e. The third kappa shape index (κ3) is 3.58. The Morgan fingerprint density at radius 3 is 2.95 bits per heavy atom. The molecular weight excluding hydrogens is 266 g/mol. The normalized spacial score (nSPS) is 19.8. The van der Waals surface area contributed by atoms with Gasteiger partial charge in [-0.15, -0.1) is 0 Å². The van der Waals surface area contributed by atoms with Crippen LogP contribution in [0.4, 0.5) is 11.4 Å². The van der Waals surface area contributed by atoms with E-state index < -0.39 is 4.92 Å². The number of anilines is 1. The molecule has 0 spiro atoms. The summed E-state index contributed by atoms with van der Waals surface area (Å²) in [5.41, 5.74) is 1.71. The number of nitro benzene ring substituents is 1. The molecule has 0 aromatic heterocycles. The van der Waals surface area contributed by atoms with Gasteiger partial charge in [-0.25, -0.2) is 0 Å². The fourth-order valence-electron chi connectivity index (χ4n) is 2.35. The standard InChI is InChI=1S/C13H18ClN3O2/c1-9-7-13(17(18)19)11(14)8-12(9)16-10-3-2-5-15-6-4-10/h7-8,10,15-16H,2-6H2,1H3. The predicted octanol–water partition coefficient (Wildman–Crippen LogP) is 3.11. The average molecular weight is 284 g/mol. The van der Waals surface area contributed by atoms with Crippen LogP contribution < -0.4 is 10.6 Å². The summed E-state index contributed by atoms with van der Waals surface area (Å²) in [6, 6.07) is 3.58. The topological polar surface area (TPSA) is 67.2 Å². The Balaban J connectivity index is 2.16. The van der Waals surface area contributed by atoms with E-state index in [0.29, 0.717) is 6.04 Å². The lowest BCUT2D eigenvalue weighted by atomic mass is 10.1. The second kappa shape index (κ2) is 6.21. The van der Waals surface area contributed by atoms with Crippen LogP contribution >= 0.6 is 11.6 Å². The maximum atomic E-state index is 10.8. The van der Waals surface area contributed by atoms with E-state index in [-0.39, 0.29) is 10.7 Å². The Bertz CT molecular complexity index is 471. The number of halogens is 1. The quantitative estimate of drug-likeness (QED) is 0.661. The van der Waals surface area contributed by atoms with Gasteiger partial charge in [0, 0.05) is 17.8 Å². The summed E-state index contributed by atoms with van der Waals surface area (Å²) >= 11 is 5.95. The number of benzene rings is 1. The van der Waals surface area contributed by atoms with Gasteiger partial charge in [0.1, 0.15) is 5.02 Å². The van der Waals surface area contributed by atoms with E-state index in [0.717, 1.165) is 43.6 Å². The summed E-state index contributed by atoms with van der Waals surface area (Å²) in [6.07, 6.45) is 3.28. The Hall–Kier alpha value is -1.33. The molecule has 0 radical (unpaired) electrons. The zero-order valence-corrected chi connectivity index (χ0v) is 11.7. The van der Waals surface area contributed by atoms with Gasteiger partial charge in [0.2, 0.25) is 0 Å². The molecule has 1 aliphatic rings. The summed E-state index contributed by atoms with van der Waals surface area (Å²) in [6.45, 7) is 3.91. The van der Waals surface area contributed by atoms with Crippen molar-refractivity contribution in [2.45, 2.75) is 32.2 Å². The lowest BCUT2D eigenvalue weighted by Crippen LogP contribution is -2.22. The first-order valence-corrected chi connectivity index (χ1v) is 6.87. The van der Waals surface area contributed by atoms with Crippen LogP contribution in [0.5, 0.6) is 0 Å². The summed E-state index contributed by atoms with van der Waals surface area (Å²) in [5.74, 6) is 0. The molecular formula is C13H18ClN3O2. The summed E-state index contributed by atoms with van der Waals surface area (Å²) in [7, 11) is 0. The molecule has 1 atom stereocenters. The van der Waals surface area contributed by atoms with E-state index in [9.17, 15) is 10.1 Å². The molecule has 19 heavy (non-hydrogen) atoms. The van der Waals surface area contributed by atoms with Gasteiger partial charge in [0.05, 0.1) is 4.92 Å². The molecule has 0 amide bonds. The van der Waals surface area contributed by atoms with E-state index >= 15 is 0 Å². The summed E-state index contributed by atoms with van der Waals surface area (Å²) < 4.78 is 0. The number of nitrogens with one attached hydrogen (secondary N) is 2. The van der Waals surface area contributed by atoms with Crippen LogP contribution in [0, 0.1) is 17.0 Å². The van der Waals surface area contributed by atoms with E-state index in [4.69, 9.17) is 11.6 Å². The van der Waals surface area contributed by atoms with Crippen LogP contribution in [0.15, 0.2) is 12.1 Å². The van der Waals surface area contributed by atoms with Crippen molar-refractivity contribution in [2.75, 3.05) is 18.4 Å². The highest BCUT2D eigenvalue weighted by atomic mass is 35.5. The van der Waals surface area contributed by atoms with E-state index in [1.165, 1.54) is 6.07 Å². The van der Waals surface area contributed by atoms with Crippen molar-refractivity contribution < 1.29 is 4.92 Å². The minimum absolute atomic E-state index is 0.0350. The van der Waals surface area contributed by atoms with Gasteiger partial charge in [-0.1, -0.05) is 11.6 Å². The maximum absolute atomic E-state index is 10.8. The monoisotopic (exact) mass is 283 g/mol. The van der Waals surface area contributed by atoms with Crippen LogP contribution in [0.1, 0.15) is 24.8 Å². The lowest BCUT2D eigenvalue weighted by molar-refractivity contribution is -0.384. The molecule has 1 fully saturated rings. The third-order valence-corrected chi connectivity index (χ3v) is 3.73. The predicted molar refractivity (Wildman–Crippen MR) is 77.0 cm³/mol. The Labute approximate surface area is 117 Å². The van der Waals surface area contributed by atoms with Crippen LogP contribution in [0.3, 0.4) is 0 Å².